The van der Waals surface area contributed by atoms with Gasteiger partial charge in [-0.05, 0) is 48.8 Å². The Morgan fingerprint density at radius 1 is 1.37 bits per heavy atom. The summed E-state index contributed by atoms with van der Waals surface area (Å²) >= 11 is 9.24. The summed E-state index contributed by atoms with van der Waals surface area (Å²) in [6.45, 7) is 5.57. The Balaban J connectivity index is 2.61. The van der Waals surface area contributed by atoms with Crippen LogP contribution in [-0.2, 0) is 0 Å². The number of benzene rings is 1. The Morgan fingerprint density at radius 2 is 2.00 bits per heavy atom. The number of halogens is 2. The summed E-state index contributed by atoms with van der Waals surface area (Å²) in [5.74, 6) is -0.135. The first kappa shape index (κ1) is 15.8. The molecule has 0 fully saturated rings. The van der Waals surface area contributed by atoms with E-state index in [2.05, 4.69) is 31.9 Å². The predicted octanol–water partition coefficient (Wildman–Crippen LogP) is 3.55. The molecule has 0 aromatic heterocycles. The number of carbonyl (C=O) groups is 1. The van der Waals surface area contributed by atoms with Crippen LogP contribution in [0.4, 0.5) is 10.5 Å². The first-order chi connectivity index (χ1) is 8.69. The van der Waals surface area contributed by atoms with E-state index >= 15 is 0 Å². The van der Waals surface area contributed by atoms with E-state index in [1.54, 1.807) is 18.2 Å². The normalized spacial score (nSPS) is 10.8. The summed E-state index contributed by atoms with van der Waals surface area (Å²) in [5.41, 5.74) is 0.245. The minimum Gasteiger partial charge on any atom is -0.333 e. The highest BCUT2D eigenvalue weighted by Gasteiger charge is 2.14. The molecule has 0 atom stereocenters. The highest BCUT2D eigenvalue weighted by molar-refractivity contribution is 9.10. The molecule has 0 heterocycles. The number of amides is 2. The van der Waals surface area contributed by atoms with Gasteiger partial charge in [0.15, 0.2) is 0 Å². The number of hydrogen-bond acceptors (Lipinski definition) is 2. The van der Waals surface area contributed by atoms with E-state index in [0.717, 1.165) is 0 Å². The molecule has 19 heavy (non-hydrogen) atoms. The highest BCUT2D eigenvalue weighted by atomic mass is 79.9. The molecule has 104 valence electrons. The standard InChI is InChI=1S/C12H16BrClN4O/c1-12(2,3)18-11(19)17-10(15)16-8-6-4-5-7(14)9(8)13/h4-6H,1-3H3,(H4,15,16,17,18,19). The van der Waals surface area contributed by atoms with Crippen LogP contribution >= 0.6 is 27.5 Å². The van der Waals surface area contributed by atoms with Crippen molar-refractivity contribution in [1.29, 1.82) is 5.41 Å². The third kappa shape index (κ3) is 5.48. The van der Waals surface area contributed by atoms with Crippen LogP contribution in [0, 0.1) is 5.41 Å². The lowest BCUT2D eigenvalue weighted by molar-refractivity contribution is 0.236. The molecule has 7 heteroatoms. The average molecular weight is 348 g/mol. The Hall–Kier alpha value is -1.27. The molecule has 0 aliphatic carbocycles. The summed E-state index contributed by atoms with van der Waals surface area (Å²) in [6, 6.07) is 4.77. The SMILES string of the molecule is CC(C)(C)NC(=O)NC(=N)Nc1cccc(Cl)c1Br. The summed E-state index contributed by atoms with van der Waals surface area (Å²) in [7, 11) is 0. The second-order valence-electron chi connectivity index (χ2n) is 4.93. The Kier molecular flexibility index (Phi) is 5.20. The van der Waals surface area contributed by atoms with Gasteiger partial charge < -0.3 is 10.6 Å². The smallest absolute Gasteiger partial charge is 0.321 e. The first-order valence-electron chi connectivity index (χ1n) is 5.58. The molecular formula is C12H16BrClN4O. The van der Waals surface area contributed by atoms with E-state index in [0.29, 0.717) is 15.2 Å². The molecule has 1 aromatic carbocycles. The van der Waals surface area contributed by atoms with Gasteiger partial charge in [0, 0.05) is 5.54 Å². The summed E-state index contributed by atoms with van der Waals surface area (Å²) in [6.07, 6.45) is 0. The van der Waals surface area contributed by atoms with Crippen LogP contribution < -0.4 is 16.0 Å². The van der Waals surface area contributed by atoms with Gasteiger partial charge in [0.2, 0.25) is 5.96 Å². The van der Waals surface area contributed by atoms with Crippen molar-refractivity contribution < 1.29 is 4.79 Å². The predicted molar refractivity (Wildman–Crippen MR) is 81.9 cm³/mol. The summed E-state index contributed by atoms with van der Waals surface area (Å²) in [4.78, 5) is 11.6. The molecule has 0 aliphatic heterocycles. The average Bonchev–Trinajstić information content (AvgIpc) is 2.21. The topological polar surface area (TPSA) is 77.0 Å². The zero-order valence-corrected chi connectivity index (χ0v) is 13.2. The minimum absolute atomic E-state index is 0.135. The van der Waals surface area contributed by atoms with Crippen LogP contribution in [0.1, 0.15) is 20.8 Å². The molecule has 1 rings (SSSR count). The molecule has 0 spiro atoms. The fourth-order valence-corrected chi connectivity index (χ4v) is 1.79. The molecule has 2 amide bonds. The monoisotopic (exact) mass is 346 g/mol. The van der Waals surface area contributed by atoms with Crippen molar-refractivity contribution >= 4 is 45.2 Å². The highest BCUT2D eigenvalue weighted by Crippen LogP contribution is 2.29. The lowest BCUT2D eigenvalue weighted by atomic mass is 10.1. The number of hydrogen-bond donors (Lipinski definition) is 4. The molecular weight excluding hydrogens is 332 g/mol. The Bertz CT molecular complexity index is 499. The first-order valence-corrected chi connectivity index (χ1v) is 6.75. The maximum atomic E-state index is 11.6. The van der Waals surface area contributed by atoms with Crippen molar-refractivity contribution in [3.8, 4) is 0 Å². The number of carbonyl (C=O) groups excluding carboxylic acids is 1. The van der Waals surface area contributed by atoms with Gasteiger partial charge in [-0.3, -0.25) is 10.7 Å². The minimum atomic E-state index is -0.442. The van der Waals surface area contributed by atoms with Crippen molar-refractivity contribution in [2.24, 2.45) is 0 Å². The third-order valence-electron chi connectivity index (χ3n) is 1.94. The number of urea groups is 1. The lowest BCUT2D eigenvalue weighted by Crippen LogP contribution is -2.49. The van der Waals surface area contributed by atoms with E-state index in [1.165, 1.54) is 0 Å². The van der Waals surface area contributed by atoms with E-state index in [1.807, 2.05) is 20.8 Å². The van der Waals surface area contributed by atoms with Crippen LogP contribution in [-0.4, -0.2) is 17.5 Å². The van der Waals surface area contributed by atoms with Gasteiger partial charge in [0.1, 0.15) is 0 Å². The molecule has 0 radical (unpaired) electrons. The number of guanidine groups is 1. The van der Waals surface area contributed by atoms with Gasteiger partial charge in [-0.1, -0.05) is 17.7 Å². The van der Waals surface area contributed by atoms with Gasteiger partial charge in [-0.25, -0.2) is 4.79 Å². The zero-order valence-electron chi connectivity index (χ0n) is 10.9. The van der Waals surface area contributed by atoms with E-state index < -0.39 is 6.03 Å². The second kappa shape index (κ2) is 6.25. The van der Waals surface area contributed by atoms with Crippen molar-refractivity contribution in [2.75, 3.05) is 5.32 Å². The number of rotatable bonds is 1. The second-order valence-corrected chi connectivity index (χ2v) is 6.13. The fourth-order valence-electron chi connectivity index (χ4n) is 1.25. The lowest BCUT2D eigenvalue weighted by Gasteiger charge is -2.21. The van der Waals surface area contributed by atoms with Crippen molar-refractivity contribution in [3.63, 3.8) is 0 Å². The summed E-state index contributed by atoms with van der Waals surface area (Å²) in [5, 5.41) is 16.0. The van der Waals surface area contributed by atoms with Gasteiger partial charge in [0.25, 0.3) is 0 Å². The Labute approximate surface area is 125 Å². The molecule has 1 aromatic rings. The zero-order chi connectivity index (χ0) is 14.6. The van der Waals surface area contributed by atoms with Crippen molar-refractivity contribution in [1.82, 2.24) is 10.6 Å². The third-order valence-corrected chi connectivity index (χ3v) is 3.34. The van der Waals surface area contributed by atoms with Gasteiger partial charge >= 0.3 is 6.03 Å². The fraction of sp³-hybridized carbons (Fsp3) is 0.333. The maximum Gasteiger partial charge on any atom is 0.321 e. The van der Waals surface area contributed by atoms with Crippen LogP contribution in [0.25, 0.3) is 0 Å². The van der Waals surface area contributed by atoms with Crippen LogP contribution in [0.3, 0.4) is 0 Å². The van der Waals surface area contributed by atoms with E-state index in [9.17, 15) is 4.79 Å². The molecule has 4 N–H and O–H groups in total. The molecule has 0 unspecified atom stereocenters. The van der Waals surface area contributed by atoms with Gasteiger partial charge in [0.05, 0.1) is 15.2 Å². The largest absolute Gasteiger partial charge is 0.333 e. The van der Waals surface area contributed by atoms with E-state index in [4.69, 9.17) is 17.0 Å². The maximum absolute atomic E-state index is 11.6. The van der Waals surface area contributed by atoms with Crippen molar-refractivity contribution in [3.05, 3.63) is 27.7 Å². The summed E-state index contributed by atoms with van der Waals surface area (Å²) < 4.78 is 0.638. The van der Waals surface area contributed by atoms with Crippen molar-refractivity contribution in [2.45, 2.75) is 26.3 Å². The molecule has 0 aliphatic rings. The Morgan fingerprint density at radius 3 is 2.58 bits per heavy atom. The van der Waals surface area contributed by atoms with Gasteiger partial charge in [-0.2, -0.15) is 0 Å². The molecule has 0 saturated carbocycles. The van der Waals surface area contributed by atoms with E-state index in [-0.39, 0.29) is 11.5 Å². The van der Waals surface area contributed by atoms with Crippen LogP contribution in [0.5, 0.6) is 0 Å². The van der Waals surface area contributed by atoms with Crippen LogP contribution in [0.2, 0.25) is 5.02 Å². The van der Waals surface area contributed by atoms with Crippen LogP contribution in [0.15, 0.2) is 22.7 Å². The molecule has 0 saturated heterocycles. The molecule has 0 bridgehead atoms. The quantitative estimate of drug-likeness (QED) is 0.463. The molecule has 5 nitrogen and oxygen atoms in total. The number of nitrogens with one attached hydrogen (secondary N) is 4. The van der Waals surface area contributed by atoms with Gasteiger partial charge in [-0.15, -0.1) is 0 Å². The number of anilines is 1.